The zero-order chi connectivity index (χ0) is 13.7. The molecule has 0 bridgehead atoms. The standard InChI is InChI=1S/C16H18BrNO/c1-3-18-11-13-9-12(2)7-8-16(13)19-15-6-4-5-14(17)10-15/h4-10,18H,3,11H2,1-2H3. The van der Waals surface area contributed by atoms with Crippen LogP contribution in [-0.2, 0) is 6.54 Å². The maximum absolute atomic E-state index is 5.97. The van der Waals surface area contributed by atoms with Crippen molar-refractivity contribution in [2.24, 2.45) is 0 Å². The van der Waals surface area contributed by atoms with E-state index in [9.17, 15) is 0 Å². The summed E-state index contributed by atoms with van der Waals surface area (Å²) in [4.78, 5) is 0. The zero-order valence-electron chi connectivity index (χ0n) is 11.2. The lowest BCUT2D eigenvalue weighted by molar-refractivity contribution is 0.473. The van der Waals surface area contributed by atoms with Crippen LogP contribution in [-0.4, -0.2) is 6.54 Å². The third kappa shape index (κ3) is 4.08. The minimum Gasteiger partial charge on any atom is -0.457 e. The third-order valence-electron chi connectivity index (χ3n) is 2.81. The second-order valence-corrected chi connectivity index (χ2v) is 5.37. The number of hydrogen-bond donors (Lipinski definition) is 1. The molecule has 100 valence electrons. The molecule has 0 fully saturated rings. The summed E-state index contributed by atoms with van der Waals surface area (Å²) in [5.41, 5.74) is 2.43. The molecule has 2 rings (SSSR count). The average Bonchev–Trinajstić information content (AvgIpc) is 2.39. The van der Waals surface area contributed by atoms with Crippen LogP contribution >= 0.6 is 15.9 Å². The molecule has 2 aromatic carbocycles. The van der Waals surface area contributed by atoms with Crippen molar-refractivity contribution in [1.29, 1.82) is 0 Å². The van der Waals surface area contributed by atoms with Crippen LogP contribution in [0.15, 0.2) is 46.9 Å². The van der Waals surface area contributed by atoms with Crippen molar-refractivity contribution in [2.45, 2.75) is 20.4 Å². The highest BCUT2D eigenvalue weighted by Gasteiger charge is 2.05. The molecule has 0 aliphatic carbocycles. The maximum Gasteiger partial charge on any atom is 0.131 e. The molecule has 0 unspecified atom stereocenters. The summed E-state index contributed by atoms with van der Waals surface area (Å²) in [6, 6.07) is 14.2. The predicted octanol–water partition coefficient (Wildman–Crippen LogP) is 4.66. The van der Waals surface area contributed by atoms with Gasteiger partial charge in [0.15, 0.2) is 0 Å². The average molecular weight is 320 g/mol. The Morgan fingerprint density at radius 3 is 2.74 bits per heavy atom. The molecule has 0 saturated carbocycles. The summed E-state index contributed by atoms with van der Waals surface area (Å²) in [6.07, 6.45) is 0. The number of ether oxygens (including phenoxy) is 1. The summed E-state index contributed by atoms with van der Waals surface area (Å²) in [5.74, 6) is 1.75. The van der Waals surface area contributed by atoms with Crippen molar-refractivity contribution in [2.75, 3.05) is 6.54 Å². The highest BCUT2D eigenvalue weighted by atomic mass is 79.9. The van der Waals surface area contributed by atoms with Gasteiger partial charge in [-0.1, -0.05) is 46.6 Å². The topological polar surface area (TPSA) is 21.3 Å². The number of aryl methyl sites for hydroxylation is 1. The lowest BCUT2D eigenvalue weighted by Crippen LogP contribution is -2.12. The molecule has 0 amide bonds. The van der Waals surface area contributed by atoms with E-state index in [-0.39, 0.29) is 0 Å². The fourth-order valence-electron chi connectivity index (χ4n) is 1.86. The molecule has 2 nitrogen and oxygen atoms in total. The van der Waals surface area contributed by atoms with Crippen LogP contribution in [0, 0.1) is 6.92 Å². The lowest BCUT2D eigenvalue weighted by atomic mass is 10.1. The van der Waals surface area contributed by atoms with Crippen molar-refractivity contribution >= 4 is 15.9 Å². The predicted molar refractivity (Wildman–Crippen MR) is 82.8 cm³/mol. The van der Waals surface area contributed by atoms with E-state index in [1.54, 1.807) is 0 Å². The van der Waals surface area contributed by atoms with E-state index in [1.165, 1.54) is 11.1 Å². The number of halogens is 1. The summed E-state index contributed by atoms with van der Waals surface area (Å²) >= 11 is 3.46. The smallest absolute Gasteiger partial charge is 0.131 e. The Morgan fingerprint density at radius 2 is 2.00 bits per heavy atom. The molecule has 0 spiro atoms. The van der Waals surface area contributed by atoms with E-state index in [0.717, 1.165) is 29.1 Å². The Bertz CT molecular complexity index is 554. The number of hydrogen-bond acceptors (Lipinski definition) is 2. The molecule has 0 aliphatic heterocycles. The van der Waals surface area contributed by atoms with Crippen molar-refractivity contribution in [3.05, 3.63) is 58.1 Å². The Morgan fingerprint density at radius 1 is 1.16 bits per heavy atom. The molecule has 0 aliphatic rings. The van der Waals surface area contributed by atoms with Gasteiger partial charge >= 0.3 is 0 Å². The molecular formula is C16H18BrNO. The van der Waals surface area contributed by atoms with Gasteiger partial charge in [-0.25, -0.2) is 0 Å². The Hall–Kier alpha value is -1.32. The molecule has 0 saturated heterocycles. The molecule has 0 aromatic heterocycles. The van der Waals surface area contributed by atoms with Crippen LogP contribution in [0.3, 0.4) is 0 Å². The van der Waals surface area contributed by atoms with E-state index in [1.807, 2.05) is 30.3 Å². The van der Waals surface area contributed by atoms with Gasteiger partial charge in [0.25, 0.3) is 0 Å². The highest BCUT2D eigenvalue weighted by Crippen LogP contribution is 2.28. The first-order valence-corrected chi connectivity index (χ1v) is 7.22. The van der Waals surface area contributed by atoms with Gasteiger partial charge in [0.05, 0.1) is 0 Å². The van der Waals surface area contributed by atoms with Crippen LogP contribution in [0.4, 0.5) is 0 Å². The summed E-state index contributed by atoms with van der Waals surface area (Å²) < 4.78 is 6.99. The van der Waals surface area contributed by atoms with E-state index in [4.69, 9.17) is 4.74 Å². The molecule has 0 radical (unpaired) electrons. The van der Waals surface area contributed by atoms with Gasteiger partial charge in [-0.2, -0.15) is 0 Å². The Balaban J connectivity index is 2.23. The van der Waals surface area contributed by atoms with E-state index < -0.39 is 0 Å². The van der Waals surface area contributed by atoms with Gasteiger partial charge in [0.2, 0.25) is 0 Å². The van der Waals surface area contributed by atoms with Crippen molar-refractivity contribution < 1.29 is 4.74 Å². The second kappa shape index (κ2) is 6.73. The van der Waals surface area contributed by atoms with Crippen molar-refractivity contribution in [3.8, 4) is 11.5 Å². The first kappa shape index (κ1) is 14.1. The molecule has 0 heterocycles. The minimum absolute atomic E-state index is 0.821. The molecule has 1 N–H and O–H groups in total. The van der Waals surface area contributed by atoms with Crippen LogP contribution in [0.5, 0.6) is 11.5 Å². The third-order valence-corrected chi connectivity index (χ3v) is 3.30. The zero-order valence-corrected chi connectivity index (χ0v) is 12.8. The summed E-state index contributed by atoms with van der Waals surface area (Å²) in [5, 5.41) is 3.34. The molecular weight excluding hydrogens is 302 g/mol. The van der Waals surface area contributed by atoms with Gasteiger partial charge in [0.1, 0.15) is 11.5 Å². The van der Waals surface area contributed by atoms with E-state index >= 15 is 0 Å². The number of benzene rings is 2. The van der Waals surface area contributed by atoms with Crippen LogP contribution < -0.4 is 10.1 Å². The second-order valence-electron chi connectivity index (χ2n) is 4.45. The maximum atomic E-state index is 5.97. The van der Waals surface area contributed by atoms with Crippen molar-refractivity contribution in [3.63, 3.8) is 0 Å². The highest BCUT2D eigenvalue weighted by molar-refractivity contribution is 9.10. The van der Waals surface area contributed by atoms with Crippen molar-refractivity contribution in [1.82, 2.24) is 5.32 Å². The SMILES string of the molecule is CCNCc1cc(C)ccc1Oc1cccc(Br)c1. The quantitative estimate of drug-likeness (QED) is 0.865. The molecule has 0 atom stereocenters. The number of nitrogens with one attached hydrogen (secondary N) is 1. The van der Waals surface area contributed by atoms with Crippen LogP contribution in [0.2, 0.25) is 0 Å². The molecule has 3 heteroatoms. The van der Waals surface area contributed by atoms with E-state index in [2.05, 4.69) is 47.2 Å². The first-order valence-electron chi connectivity index (χ1n) is 6.42. The van der Waals surface area contributed by atoms with Crippen LogP contribution in [0.25, 0.3) is 0 Å². The molecule has 19 heavy (non-hydrogen) atoms. The van der Waals surface area contributed by atoms with Gasteiger partial charge < -0.3 is 10.1 Å². The fraction of sp³-hybridized carbons (Fsp3) is 0.250. The van der Waals surface area contributed by atoms with Gasteiger partial charge in [-0.05, 0) is 37.7 Å². The monoisotopic (exact) mass is 319 g/mol. The molecule has 2 aromatic rings. The fourth-order valence-corrected chi connectivity index (χ4v) is 2.24. The Labute approximate surface area is 122 Å². The Kier molecular flexibility index (Phi) is 5.00. The first-order chi connectivity index (χ1) is 9.19. The van der Waals surface area contributed by atoms with Gasteiger partial charge in [-0.3, -0.25) is 0 Å². The van der Waals surface area contributed by atoms with Gasteiger partial charge in [0, 0.05) is 16.6 Å². The largest absolute Gasteiger partial charge is 0.457 e. The summed E-state index contributed by atoms with van der Waals surface area (Å²) in [7, 11) is 0. The minimum atomic E-state index is 0.821. The van der Waals surface area contributed by atoms with Crippen LogP contribution in [0.1, 0.15) is 18.1 Å². The number of rotatable bonds is 5. The van der Waals surface area contributed by atoms with Gasteiger partial charge in [-0.15, -0.1) is 0 Å². The normalized spacial score (nSPS) is 10.5. The lowest BCUT2D eigenvalue weighted by Gasteiger charge is -2.12. The van der Waals surface area contributed by atoms with E-state index in [0.29, 0.717) is 0 Å². The summed E-state index contributed by atoms with van der Waals surface area (Å²) in [6.45, 7) is 5.97.